The Morgan fingerprint density at radius 3 is 2.36 bits per heavy atom. The minimum Gasteiger partial charge on any atom is -0.349 e. The minimum absolute atomic E-state index is 0.0240. The molecule has 0 aliphatic carbocycles. The van der Waals surface area contributed by atoms with Crippen LogP contribution in [0.4, 0.5) is 5.69 Å². The first-order valence-corrected chi connectivity index (χ1v) is 9.11. The zero-order chi connectivity index (χ0) is 19.9. The van der Waals surface area contributed by atoms with Gasteiger partial charge in [0.05, 0.1) is 10.5 Å². The fourth-order valence-corrected chi connectivity index (χ4v) is 3.16. The predicted molar refractivity (Wildman–Crippen MR) is 106 cm³/mol. The van der Waals surface area contributed by atoms with Crippen molar-refractivity contribution in [1.29, 1.82) is 0 Å². The second-order valence-electron chi connectivity index (χ2n) is 6.59. The first kappa shape index (κ1) is 19.3. The third-order valence-corrected chi connectivity index (χ3v) is 4.72. The molecular weight excluding hydrogens is 358 g/mol. The van der Waals surface area contributed by atoms with Gasteiger partial charge in [-0.05, 0) is 37.1 Å². The monoisotopic (exact) mass is 379 g/mol. The highest BCUT2D eigenvalue weighted by Gasteiger charge is 2.23. The molecular formula is C21H21N3O4. The summed E-state index contributed by atoms with van der Waals surface area (Å²) in [6, 6.07) is 15.3. The summed E-state index contributed by atoms with van der Waals surface area (Å²) in [7, 11) is 0. The van der Waals surface area contributed by atoms with E-state index >= 15 is 0 Å². The number of rotatable bonds is 5. The van der Waals surface area contributed by atoms with Crippen LogP contribution in [0.2, 0.25) is 0 Å². The van der Waals surface area contributed by atoms with Gasteiger partial charge in [-0.3, -0.25) is 19.7 Å². The predicted octanol–water partition coefficient (Wildman–Crippen LogP) is 3.03. The first-order valence-electron chi connectivity index (χ1n) is 9.11. The highest BCUT2D eigenvalue weighted by Crippen LogP contribution is 2.19. The maximum atomic E-state index is 12.4. The SMILES string of the molecule is O=C(NC1CCN(C(=O)/C=C/c2ccccc2[N+](=O)[O-])CC1)c1ccccc1. The van der Waals surface area contributed by atoms with Gasteiger partial charge in [0.15, 0.2) is 0 Å². The Morgan fingerprint density at radius 1 is 1.04 bits per heavy atom. The van der Waals surface area contributed by atoms with Gasteiger partial charge < -0.3 is 10.2 Å². The van der Waals surface area contributed by atoms with E-state index in [1.54, 1.807) is 35.2 Å². The summed E-state index contributed by atoms with van der Waals surface area (Å²) < 4.78 is 0. The third-order valence-electron chi connectivity index (χ3n) is 4.72. The van der Waals surface area contributed by atoms with Crippen LogP contribution in [0, 0.1) is 10.1 Å². The smallest absolute Gasteiger partial charge is 0.276 e. The van der Waals surface area contributed by atoms with Crippen molar-refractivity contribution in [2.24, 2.45) is 0 Å². The van der Waals surface area contributed by atoms with Gasteiger partial charge in [-0.1, -0.05) is 30.3 Å². The van der Waals surface area contributed by atoms with Crippen LogP contribution in [0.15, 0.2) is 60.7 Å². The number of nitro groups is 1. The lowest BCUT2D eigenvalue weighted by atomic mass is 10.0. The summed E-state index contributed by atoms with van der Waals surface area (Å²) in [5.41, 5.74) is 0.980. The Bertz CT molecular complexity index is 888. The minimum atomic E-state index is -0.467. The van der Waals surface area contributed by atoms with Crippen LogP contribution in [0.3, 0.4) is 0 Å². The first-order chi connectivity index (χ1) is 13.5. The number of para-hydroxylation sites is 1. The molecule has 2 aromatic carbocycles. The van der Waals surface area contributed by atoms with E-state index in [1.807, 2.05) is 18.2 Å². The van der Waals surface area contributed by atoms with Crippen LogP contribution in [0.1, 0.15) is 28.8 Å². The van der Waals surface area contributed by atoms with E-state index < -0.39 is 4.92 Å². The van der Waals surface area contributed by atoms with E-state index in [0.29, 0.717) is 37.1 Å². The van der Waals surface area contributed by atoms with Gasteiger partial charge in [0.25, 0.3) is 11.6 Å². The van der Waals surface area contributed by atoms with Gasteiger partial charge in [0, 0.05) is 36.8 Å². The zero-order valence-corrected chi connectivity index (χ0v) is 15.3. The number of amides is 2. The van der Waals surface area contributed by atoms with E-state index in [9.17, 15) is 19.7 Å². The normalized spacial score (nSPS) is 14.8. The second-order valence-corrected chi connectivity index (χ2v) is 6.59. The molecule has 0 radical (unpaired) electrons. The number of hydrogen-bond donors (Lipinski definition) is 1. The number of benzene rings is 2. The van der Waals surface area contributed by atoms with Crippen LogP contribution in [0.25, 0.3) is 6.08 Å². The molecule has 2 amide bonds. The van der Waals surface area contributed by atoms with Crippen LogP contribution in [0.5, 0.6) is 0 Å². The molecule has 0 aromatic heterocycles. The van der Waals surface area contributed by atoms with Crippen molar-refractivity contribution >= 4 is 23.6 Å². The largest absolute Gasteiger partial charge is 0.349 e. The average Bonchev–Trinajstić information content (AvgIpc) is 2.73. The number of nitrogens with one attached hydrogen (secondary N) is 1. The van der Waals surface area contributed by atoms with Crippen molar-refractivity contribution in [3.05, 3.63) is 81.9 Å². The molecule has 1 aliphatic rings. The molecule has 1 aliphatic heterocycles. The lowest BCUT2D eigenvalue weighted by Crippen LogP contribution is -2.46. The van der Waals surface area contributed by atoms with Gasteiger partial charge >= 0.3 is 0 Å². The molecule has 3 rings (SSSR count). The van der Waals surface area contributed by atoms with Gasteiger partial charge in [-0.25, -0.2) is 0 Å². The quantitative estimate of drug-likeness (QED) is 0.491. The molecule has 0 spiro atoms. The zero-order valence-electron chi connectivity index (χ0n) is 15.3. The Balaban J connectivity index is 1.53. The lowest BCUT2D eigenvalue weighted by molar-refractivity contribution is -0.385. The summed E-state index contributed by atoms with van der Waals surface area (Å²) in [6.07, 6.45) is 4.18. The highest BCUT2D eigenvalue weighted by atomic mass is 16.6. The molecule has 0 saturated carbocycles. The summed E-state index contributed by atoms with van der Waals surface area (Å²) in [5, 5.41) is 14.0. The topological polar surface area (TPSA) is 92.6 Å². The maximum absolute atomic E-state index is 12.4. The molecule has 0 bridgehead atoms. The number of carbonyl (C=O) groups excluding carboxylic acids is 2. The Morgan fingerprint density at radius 2 is 1.68 bits per heavy atom. The molecule has 1 fully saturated rings. The fraction of sp³-hybridized carbons (Fsp3) is 0.238. The number of carbonyl (C=O) groups is 2. The summed E-state index contributed by atoms with van der Waals surface area (Å²) in [6.45, 7) is 1.06. The fourth-order valence-electron chi connectivity index (χ4n) is 3.16. The number of piperidine rings is 1. The van der Waals surface area contributed by atoms with Crippen LogP contribution in [-0.2, 0) is 4.79 Å². The Labute approximate surface area is 162 Å². The molecule has 1 heterocycles. The molecule has 2 aromatic rings. The number of nitro benzene ring substituents is 1. The lowest BCUT2D eigenvalue weighted by Gasteiger charge is -2.31. The van der Waals surface area contributed by atoms with Gasteiger partial charge in [0.1, 0.15) is 0 Å². The summed E-state index contributed by atoms with van der Waals surface area (Å²) in [5.74, 6) is -0.298. The third kappa shape index (κ3) is 4.82. The van der Waals surface area contributed by atoms with Gasteiger partial charge in [-0.2, -0.15) is 0 Å². The van der Waals surface area contributed by atoms with Crippen molar-refractivity contribution in [3.8, 4) is 0 Å². The standard InChI is InChI=1S/C21H21N3O4/c25-20(11-10-16-6-4-5-9-19(16)24(27)28)23-14-12-18(13-15-23)22-21(26)17-7-2-1-3-8-17/h1-11,18H,12-15H2,(H,22,26)/b11-10+. The van der Waals surface area contributed by atoms with Gasteiger partial charge in [-0.15, -0.1) is 0 Å². The van der Waals surface area contributed by atoms with Crippen molar-refractivity contribution < 1.29 is 14.5 Å². The van der Waals surface area contributed by atoms with Crippen molar-refractivity contribution in [2.45, 2.75) is 18.9 Å². The van der Waals surface area contributed by atoms with Crippen molar-refractivity contribution in [1.82, 2.24) is 10.2 Å². The van der Waals surface area contributed by atoms with Crippen LogP contribution in [-0.4, -0.2) is 40.8 Å². The Hall–Kier alpha value is -3.48. The number of nitrogens with zero attached hydrogens (tertiary/aromatic N) is 2. The second kappa shape index (κ2) is 8.94. The van der Waals surface area contributed by atoms with Crippen molar-refractivity contribution in [2.75, 3.05) is 13.1 Å². The molecule has 0 unspecified atom stereocenters. The van der Waals surface area contributed by atoms with E-state index in [1.165, 1.54) is 18.2 Å². The summed E-state index contributed by atoms with van der Waals surface area (Å²) >= 11 is 0. The van der Waals surface area contributed by atoms with Gasteiger partial charge in [0.2, 0.25) is 5.91 Å². The number of hydrogen-bond acceptors (Lipinski definition) is 4. The molecule has 7 nitrogen and oxygen atoms in total. The average molecular weight is 379 g/mol. The maximum Gasteiger partial charge on any atom is 0.276 e. The molecule has 7 heteroatoms. The van der Waals surface area contributed by atoms with Crippen molar-refractivity contribution in [3.63, 3.8) is 0 Å². The van der Waals surface area contributed by atoms with E-state index in [4.69, 9.17) is 0 Å². The van der Waals surface area contributed by atoms with Crippen LogP contribution >= 0.6 is 0 Å². The van der Waals surface area contributed by atoms with Crippen LogP contribution < -0.4 is 5.32 Å². The number of likely N-dealkylation sites (tertiary alicyclic amines) is 1. The van der Waals surface area contributed by atoms with E-state index in [0.717, 1.165) is 0 Å². The molecule has 1 N–H and O–H groups in total. The van der Waals surface area contributed by atoms with E-state index in [2.05, 4.69) is 5.32 Å². The Kier molecular flexibility index (Phi) is 6.16. The summed E-state index contributed by atoms with van der Waals surface area (Å²) in [4.78, 5) is 36.9. The molecule has 28 heavy (non-hydrogen) atoms. The molecule has 0 atom stereocenters. The molecule has 1 saturated heterocycles. The van der Waals surface area contributed by atoms with E-state index in [-0.39, 0.29) is 23.5 Å². The molecule has 144 valence electrons. The highest BCUT2D eigenvalue weighted by molar-refractivity contribution is 5.94.